The predicted molar refractivity (Wildman–Crippen MR) is 56.4 cm³/mol. The molecule has 1 saturated carbocycles. The minimum atomic E-state index is -0.185. The number of hydrogen-bond acceptors (Lipinski definition) is 1. The SMILES string of the molecule is C=Cc1ccc(CNC2CC2)cc1F. The van der Waals surface area contributed by atoms with E-state index in [9.17, 15) is 4.39 Å². The second kappa shape index (κ2) is 3.93. The monoisotopic (exact) mass is 191 g/mol. The molecule has 74 valence electrons. The zero-order valence-electron chi connectivity index (χ0n) is 8.09. The third-order valence-electron chi connectivity index (χ3n) is 2.46. The lowest BCUT2D eigenvalue weighted by atomic mass is 10.1. The van der Waals surface area contributed by atoms with Crippen molar-refractivity contribution in [2.75, 3.05) is 0 Å². The van der Waals surface area contributed by atoms with Crippen molar-refractivity contribution in [2.45, 2.75) is 25.4 Å². The molecule has 0 aliphatic heterocycles. The predicted octanol–water partition coefficient (Wildman–Crippen LogP) is 2.72. The van der Waals surface area contributed by atoms with Crippen molar-refractivity contribution in [3.8, 4) is 0 Å². The molecule has 1 N–H and O–H groups in total. The smallest absolute Gasteiger partial charge is 0.130 e. The van der Waals surface area contributed by atoms with Gasteiger partial charge in [0.1, 0.15) is 5.82 Å². The number of nitrogens with one attached hydrogen (secondary N) is 1. The summed E-state index contributed by atoms with van der Waals surface area (Å²) in [6, 6.07) is 5.95. The molecule has 0 aromatic heterocycles. The molecule has 1 fully saturated rings. The number of halogens is 1. The van der Waals surface area contributed by atoms with Gasteiger partial charge in [0, 0.05) is 18.2 Å². The van der Waals surface area contributed by atoms with Gasteiger partial charge in [-0.2, -0.15) is 0 Å². The van der Waals surface area contributed by atoms with E-state index in [1.165, 1.54) is 18.9 Å². The van der Waals surface area contributed by atoms with Crippen LogP contribution in [0.15, 0.2) is 24.8 Å². The van der Waals surface area contributed by atoms with Crippen molar-refractivity contribution in [3.63, 3.8) is 0 Å². The van der Waals surface area contributed by atoms with Gasteiger partial charge in [0.05, 0.1) is 0 Å². The summed E-state index contributed by atoms with van der Waals surface area (Å²) in [5.74, 6) is -0.185. The van der Waals surface area contributed by atoms with Crippen LogP contribution in [0, 0.1) is 5.82 Å². The van der Waals surface area contributed by atoms with Crippen molar-refractivity contribution in [3.05, 3.63) is 41.7 Å². The molecule has 1 aromatic carbocycles. The summed E-state index contributed by atoms with van der Waals surface area (Å²) in [5.41, 5.74) is 1.57. The first-order valence-electron chi connectivity index (χ1n) is 4.94. The third kappa shape index (κ3) is 2.20. The van der Waals surface area contributed by atoms with E-state index in [0.29, 0.717) is 11.6 Å². The largest absolute Gasteiger partial charge is 0.310 e. The molecule has 0 saturated heterocycles. The highest BCUT2D eigenvalue weighted by molar-refractivity contribution is 5.48. The second-order valence-corrected chi connectivity index (χ2v) is 3.72. The number of benzene rings is 1. The fourth-order valence-corrected chi connectivity index (χ4v) is 1.40. The van der Waals surface area contributed by atoms with E-state index in [4.69, 9.17) is 0 Å². The van der Waals surface area contributed by atoms with Crippen molar-refractivity contribution in [1.29, 1.82) is 0 Å². The van der Waals surface area contributed by atoms with Gasteiger partial charge in [-0.1, -0.05) is 24.8 Å². The first-order chi connectivity index (χ1) is 6.79. The normalized spacial score (nSPS) is 15.5. The lowest BCUT2D eigenvalue weighted by Gasteiger charge is -2.04. The summed E-state index contributed by atoms with van der Waals surface area (Å²) in [4.78, 5) is 0. The molecule has 1 aromatic rings. The molecule has 1 aliphatic carbocycles. The fourth-order valence-electron chi connectivity index (χ4n) is 1.40. The summed E-state index contributed by atoms with van der Waals surface area (Å²) < 4.78 is 13.3. The maximum atomic E-state index is 13.3. The Balaban J connectivity index is 2.02. The first kappa shape index (κ1) is 9.41. The summed E-state index contributed by atoms with van der Waals surface area (Å²) >= 11 is 0. The molecule has 0 heterocycles. The Morgan fingerprint density at radius 2 is 2.29 bits per heavy atom. The topological polar surface area (TPSA) is 12.0 Å². The van der Waals surface area contributed by atoms with Crippen molar-refractivity contribution < 1.29 is 4.39 Å². The van der Waals surface area contributed by atoms with Crippen LogP contribution in [0.2, 0.25) is 0 Å². The molecule has 1 nitrogen and oxygen atoms in total. The Labute approximate surface area is 83.6 Å². The van der Waals surface area contributed by atoms with Crippen LogP contribution in [0.1, 0.15) is 24.0 Å². The Morgan fingerprint density at radius 3 is 2.86 bits per heavy atom. The minimum Gasteiger partial charge on any atom is -0.310 e. The average molecular weight is 191 g/mol. The van der Waals surface area contributed by atoms with Crippen LogP contribution < -0.4 is 5.32 Å². The van der Waals surface area contributed by atoms with Crippen LogP contribution in [-0.4, -0.2) is 6.04 Å². The molecule has 2 rings (SSSR count). The summed E-state index contributed by atoms with van der Waals surface area (Å²) in [7, 11) is 0. The van der Waals surface area contributed by atoms with Gasteiger partial charge in [-0.15, -0.1) is 0 Å². The first-order valence-corrected chi connectivity index (χ1v) is 4.94. The van der Waals surface area contributed by atoms with Crippen LogP contribution in [-0.2, 0) is 6.54 Å². The van der Waals surface area contributed by atoms with Gasteiger partial charge in [-0.25, -0.2) is 4.39 Å². The van der Waals surface area contributed by atoms with Gasteiger partial charge in [0.2, 0.25) is 0 Å². The van der Waals surface area contributed by atoms with E-state index in [0.717, 1.165) is 12.1 Å². The molecular formula is C12H14FN. The Bertz CT molecular complexity index is 342. The Hall–Kier alpha value is -1.15. The van der Waals surface area contributed by atoms with E-state index in [2.05, 4.69) is 11.9 Å². The molecular weight excluding hydrogens is 177 g/mol. The molecule has 0 amide bonds. The van der Waals surface area contributed by atoms with E-state index in [-0.39, 0.29) is 5.82 Å². The van der Waals surface area contributed by atoms with Gasteiger partial charge in [0.15, 0.2) is 0 Å². The maximum Gasteiger partial charge on any atom is 0.130 e. The van der Waals surface area contributed by atoms with Gasteiger partial charge in [0.25, 0.3) is 0 Å². The number of hydrogen-bond donors (Lipinski definition) is 1. The lowest BCUT2D eigenvalue weighted by molar-refractivity contribution is 0.617. The highest BCUT2D eigenvalue weighted by Gasteiger charge is 2.19. The third-order valence-corrected chi connectivity index (χ3v) is 2.46. The fraction of sp³-hybridized carbons (Fsp3) is 0.333. The molecule has 0 unspecified atom stereocenters. The highest BCUT2D eigenvalue weighted by Crippen LogP contribution is 2.19. The highest BCUT2D eigenvalue weighted by atomic mass is 19.1. The Kier molecular flexibility index (Phi) is 2.64. The summed E-state index contributed by atoms with van der Waals surface area (Å²) in [6.07, 6.45) is 4.05. The molecule has 0 atom stereocenters. The van der Waals surface area contributed by atoms with Crippen LogP contribution in [0.5, 0.6) is 0 Å². The molecule has 14 heavy (non-hydrogen) atoms. The molecule has 0 spiro atoms. The van der Waals surface area contributed by atoms with Crippen molar-refractivity contribution in [1.82, 2.24) is 5.32 Å². The van der Waals surface area contributed by atoms with Crippen LogP contribution in [0.25, 0.3) is 6.08 Å². The van der Waals surface area contributed by atoms with E-state index < -0.39 is 0 Å². The van der Waals surface area contributed by atoms with Crippen LogP contribution in [0.3, 0.4) is 0 Å². The summed E-state index contributed by atoms with van der Waals surface area (Å²) in [6.45, 7) is 4.31. The van der Waals surface area contributed by atoms with E-state index in [1.54, 1.807) is 12.1 Å². The van der Waals surface area contributed by atoms with Crippen LogP contribution >= 0.6 is 0 Å². The molecule has 0 bridgehead atoms. The molecule has 0 radical (unpaired) electrons. The standard InChI is InChI=1S/C12H14FN/c1-2-10-4-3-9(7-12(10)13)8-14-11-5-6-11/h2-4,7,11,14H,1,5-6,8H2. The maximum absolute atomic E-state index is 13.3. The number of rotatable bonds is 4. The van der Waals surface area contributed by atoms with Gasteiger partial charge in [-0.05, 0) is 24.5 Å². The van der Waals surface area contributed by atoms with Crippen molar-refractivity contribution >= 4 is 6.08 Å². The minimum absolute atomic E-state index is 0.185. The zero-order chi connectivity index (χ0) is 9.97. The zero-order valence-corrected chi connectivity index (χ0v) is 8.09. The van der Waals surface area contributed by atoms with E-state index in [1.807, 2.05) is 6.07 Å². The molecule has 1 aliphatic rings. The lowest BCUT2D eigenvalue weighted by Crippen LogP contribution is -2.15. The second-order valence-electron chi connectivity index (χ2n) is 3.72. The van der Waals surface area contributed by atoms with Gasteiger partial charge in [-0.3, -0.25) is 0 Å². The average Bonchev–Trinajstić information content (AvgIpc) is 2.98. The Morgan fingerprint density at radius 1 is 1.50 bits per heavy atom. The van der Waals surface area contributed by atoms with Crippen molar-refractivity contribution in [2.24, 2.45) is 0 Å². The quantitative estimate of drug-likeness (QED) is 0.771. The van der Waals surface area contributed by atoms with E-state index >= 15 is 0 Å². The van der Waals surface area contributed by atoms with Crippen LogP contribution in [0.4, 0.5) is 4.39 Å². The van der Waals surface area contributed by atoms with Gasteiger partial charge >= 0.3 is 0 Å². The van der Waals surface area contributed by atoms with Gasteiger partial charge < -0.3 is 5.32 Å². The molecule has 2 heteroatoms. The summed E-state index contributed by atoms with van der Waals surface area (Å²) in [5, 5.41) is 3.35.